The Kier molecular flexibility index (Phi) is 3.78. The van der Waals surface area contributed by atoms with Gasteiger partial charge in [0.15, 0.2) is 0 Å². The molecule has 0 aliphatic heterocycles. The Morgan fingerprint density at radius 2 is 2.08 bits per heavy atom. The summed E-state index contributed by atoms with van der Waals surface area (Å²) < 4.78 is 0. The molecule has 13 heavy (non-hydrogen) atoms. The van der Waals surface area contributed by atoms with E-state index in [1.165, 1.54) is 25.7 Å². The highest BCUT2D eigenvalue weighted by Crippen LogP contribution is 2.40. The fourth-order valence-corrected chi connectivity index (χ4v) is 2.57. The summed E-state index contributed by atoms with van der Waals surface area (Å²) in [6.45, 7) is 6.69. The van der Waals surface area contributed by atoms with E-state index >= 15 is 0 Å². The topological polar surface area (TPSA) is 20.2 Å². The Morgan fingerprint density at radius 3 is 2.69 bits per heavy atom. The standard InChI is InChI=1S/C12H24O/c1-4-5-8-12(13)9-6-7-10(2)11(12)3/h10-11,13H,4-9H2,1-3H3. The van der Waals surface area contributed by atoms with Crippen molar-refractivity contribution in [1.82, 2.24) is 0 Å². The van der Waals surface area contributed by atoms with E-state index in [2.05, 4.69) is 20.8 Å². The van der Waals surface area contributed by atoms with Gasteiger partial charge in [0.05, 0.1) is 5.60 Å². The molecular formula is C12H24O. The Labute approximate surface area is 82.5 Å². The summed E-state index contributed by atoms with van der Waals surface area (Å²) in [6.07, 6.45) is 6.92. The van der Waals surface area contributed by atoms with E-state index < -0.39 is 0 Å². The van der Waals surface area contributed by atoms with Crippen molar-refractivity contribution in [3.63, 3.8) is 0 Å². The molecule has 1 N–H and O–H groups in total. The number of rotatable bonds is 3. The predicted molar refractivity (Wildman–Crippen MR) is 56.7 cm³/mol. The molecule has 1 nitrogen and oxygen atoms in total. The minimum atomic E-state index is -0.340. The lowest BCUT2D eigenvalue weighted by Gasteiger charge is -2.42. The molecule has 0 aromatic carbocycles. The first-order valence-corrected chi connectivity index (χ1v) is 5.82. The molecule has 0 bridgehead atoms. The van der Waals surface area contributed by atoms with Gasteiger partial charge in [-0.15, -0.1) is 0 Å². The summed E-state index contributed by atoms with van der Waals surface area (Å²) in [5.41, 5.74) is -0.340. The monoisotopic (exact) mass is 184 g/mol. The van der Waals surface area contributed by atoms with Gasteiger partial charge < -0.3 is 5.11 Å². The fraction of sp³-hybridized carbons (Fsp3) is 1.00. The van der Waals surface area contributed by atoms with Crippen molar-refractivity contribution in [2.24, 2.45) is 11.8 Å². The van der Waals surface area contributed by atoms with E-state index in [-0.39, 0.29) is 5.60 Å². The molecule has 78 valence electrons. The molecule has 0 aromatic rings. The van der Waals surface area contributed by atoms with Crippen LogP contribution in [0.2, 0.25) is 0 Å². The van der Waals surface area contributed by atoms with Gasteiger partial charge in [0, 0.05) is 0 Å². The number of hydrogen-bond donors (Lipinski definition) is 1. The highest BCUT2D eigenvalue weighted by atomic mass is 16.3. The third kappa shape index (κ3) is 2.46. The fourth-order valence-electron chi connectivity index (χ4n) is 2.57. The van der Waals surface area contributed by atoms with Gasteiger partial charge in [-0.1, -0.05) is 46.5 Å². The summed E-state index contributed by atoms with van der Waals surface area (Å²) in [5.74, 6) is 1.20. The summed E-state index contributed by atoms with van der Waals surface area (Å²) >= 11 is 0. The van der Waals surface area contributed by atoms with Crippen LogP contribution in [0.4, 0.5) is 0 Å². The second-order valence-electron chi connectivity index (χ2n) is 4.87. The van der Waals surface area contributed by atoms with Crippen LogP contribution in [0.1, 0.15) is 59.3 Å². The van der Waals surface area contributed by atoms with Gasteiger partial charge in [-0.25, -0.2) is 0 Å². The maximum atomic E-state index is 10.4. The Hall–Kier alpha value is -0.0400. The first-order valence-electron chi connectivity index (χ1n) is 5.82. The Bertz CT molecular complexity index is 155. The van der Waals surface area contributed by atoms with Gasteiger partial charge in [0.2, 0.25) is 0 Å². The SMILES string of the molecule is CCCCC1(O)CCCC(C)C1C. The molecule has 0 radical (unpaired) electrons. The molecule has 1 saturated carbocycles. The normalized spacial score (nSPS) is 40.6. The summed E-state index contributed by atoms with van der Waals surface area (Å²) in [7, 11) is 0. The first kappa shape index (κ1) is 11.0. The van der Waals surface area contributed by atoms with Crippen LogP contribution in [-0.2, 0) is 0 Å². The molecule has 1 fully saturated rings. The van der Waals surface area contributed by atoms with Crippen LogP contribution in [-0.4, -0.2) is 10.7 Å². The molecule has 0 amide bonds. The summed E-state index contributed by atoms with van der Waals surface area (Å²) in [6, 6.07) is 0. The molecular weight excluding hydrogens is 160 g/mol. The van der Waals surface area contributed by atoms with Gasteiger partial charge in [0.1, 0.15) is 0 Å². The Morgan fingerprint density at radius 1 is 1.38 bits per heavy atom. The first-order chi connectivity index (χ1) is 6.10. The third-order valence-electron chi connectivity index (χ3n) is 3.93. The van der Waals surface area contributed by atoms with Crippen LogP contribution in [0.5, 0.6) is 0 Å². The number of aliphatic hydroxyl groups is 1. The zero-order valence-electron chi connectivity index (χ0n) is 9.34. The van der Waals surface area contributed by atoms with Crippen LogP contribution in [0.25, 0.3) is 0 Å². The molecule has 0 aromatic heterocycles. The second kappa shape index (κ2) is 4.45. The highest BCUT2D eigenvalue weighted by Gasteiger charge is 2.38. The molecule has 0 spiro atoms. The van der Waals surface area contributed by atoms with Crippen molar-refractivity contribution in [3.05, 3.63) is 0 Å². The minimum absolute atomic E-state index is 0.340. The van der Waals surface area contributed by atoms with Gasteiger partial charge >= 0.3 is 0 Å². The van der Waals surface area contributed by atoms with Crippen molar-refractivity contribution in [2.45, 2.75) is 64.9 Å². The summed E-state index contributed by atoms with van der Waals surface area (Å²) in [5, 5.41) is 10.4. The van der Waals surface area contributed by atoms with E-state index in [9.17, 15) is 5.11 Å². The van der Waals surface area contributed by atoms with Crippen molar-refractivity contribution in [1.29, 1.82) is 0 Å². The average Bonchev–Trinajstić information content (AvgIpc) is 2.11. The largest absolute Gasteiger partial charge is 0.390 e. The molecule has 0 saturated heterocycles. The van der Waals surface area contributed by atoms with E-state index in [0.717, 1.165) is 12.8 Å². The quantitative estimate of drug-likeness (QED) is 0.713. The van der Waals surface area contributed by atoms with Gasteiger partial charge in [-0.05, 0) is 24.7 Å². The molecule has 1 heteroatoms. The van der Waals surface area contributed by atoms with E-state index in [4.69, 9.17) is 0 Å². The molecule has 0 heterocycles. The highest BCUT2D eigenvalue weighted by molar-refractivity contribution is 4.90. The second-order valence-corrected chi connectivity index (χ2v) is 4.87. The Balaban J connectivity index is 2.53. The van der Waals surface area contributed by atoms with Gasteiger partial charge in [-0.3, -0.25) is 0 Å². The van der Waals surface area contributed by atoms with Crippen LogP contribution < -0.4 is 0 Å². The molecule has 1 rings (SSSR count). The zero-order chi connectivity index (χ0) is 9.90. The molecule has 3 atom stereocenters. The van der Waals surface area contributed by atoms with Crippen molar-refractivity contribution in [2.75, 3.05) is 0 Å². The van der Waals surface area contributed by atoms with E-state index in [1.807, 2.05) is 0 Å². The smallest absolute Gasteiger partial charge is 0.0675 e. The lowest BCUT2D eigenvalue weighted by molar-refractivity contribution is -0.0700. The lowest BCUT2D eigenvalue weighted by atomic mass is 9.68. The van der Waals surface area contributed by atoms with Gasteiger partial charge in [0.25, 0.3) is 0 Å². The van der Waals surface area contributed by atoms with Crippen LogP contribution in [0.15, 0.2) is 0 Å². The molecule has 1 aliphatic carbocycles. The van der Waals surface area contributed by atoms with Crippen molar-refractivity contribution >= 4 is 0 Å². The lowest BCUT2D eigenvalue weighted by Crippen LogP contribution is -2.42. The number of hydrogen-bond acceptors (Lipinski definition) is 1. The van der Waals surface area contributed by atoms with E-state index in [0.29, 0.717) is 11.8 Å². The van der Waals surface area contributed by atoms with Crippen LogP contribution in [0.3, 0.4) is 0 Å². The number of unbranched alkanes of at least 4 members (excludes halogenated alkanes) is 1. The van der Waals surface area contributed by atoms with Gasteiger partial charge in [-0.2, -0.15) is 0 Å². The predicted octanol–water partition coefficient (Wildman–Crippen LogP) is 3.36. The average molecular weight is 184 g/mol. The third-order valence-corrected chi connectivity index (χ3v) is 3.93. The van der Waals surface area contributed by atoms with Crippen molar-refractivity contribution < 1.29 is 5.11 Å². The molecule has 1 aliphatic rings. The zero-order valence-corrected chi connectivity index (χ0v) is 9.34. The maximum Gasteiger partial charge on any atom is 0.0675 e. The molecule has 3 unspecified atom stereocenters. The van der Waals surface area contributed by atoms with Crippen LogP contribution >= 0.6 is 0 Å². The van der Waals surface area contributed by atoms with Crippen molar-refractivity contribution in [3.8, 4) is 0 Å². The minimum Gasteiger partial charge on any atom is -0.390 e. The summed E-state index contributed by atoms with van der Waals surface area (Å²) in [4.78, 5) is 0. The maximum absolute atomic E-state index is 10.4. The van der Waals surface area contributed by atoms with Crippen LogP contribution in [0, 0.1) is 11.8 Å². The van der Waals surface area contributed by atoms with E-state index in [1.54, 1.807) is 0 Å².